The average molecular weight is 417 g/mol. The molecule has 2 heterocycles. The van der Waals surface area contributed by atoms with E-state index in [1.807, 2.05) is 0 Å². The number of nitrogens with one attached hydrogen (secondary N) is 1. The Morgan fingerprint density at radius 2 is 1.90 bits per heavy atom. The number of benzene rings is 1. The molecule has 2 aromatic rings. The van der Waals surface area contributed by atoms with Gasteiger partial charge in [-0.3, -0.25) is 9.59 Å². The van der Waals surface area contributed by atoms with E-state index in [2.05, 4.69) is 16.9 Å². The van der Waals surface area contributed by atoms with Crippen LogP contribution in [0.4, 0.5) is 5.82 Å². The lowest BCUT2D eigenvalue weighted by Gasteiger charge is -2.28. The zero-order valence-corrected chi connectivity index (χ0v) is 17.6. The number of carbonyl (C=O) groups excluding carboxylic acids is 1. The number of rotatable bonds is 7. The zero-order valence-electron chi connectivity index (χ0n) is 16.8. The van der Waals surface area contributed by atoms with E-state index in [0.717, 1.165) is 0 Å². The molecule has 0 spiro atoms. The number of carbonyl (C=O) groups is 1. The minimum absolute atomic E-state index is 0.113. The number of anilines is 1. The fourth-order valence-corrected chi connectivity index (χ4v) is 4.08. The van der Waals surface area contributed by atoms with Crippen LogP contribution < -0.4 is 25.1 Å². The van der Waals surface area contributed by atoms with Crippen molar-refractivity contribution in [3.8, 4) is 17.2 Å². The number of ether oxygens (including phenoxy) is 3. The molecule has 1 N–H and O–H groups in total. The van der Waals surface area contributed by atoms with Crippen LogP contribution >= 0.6 is 11.8 Å². The maximum atomic E-state index is 12.9. The van der Waals surface area contributed by atoms with E-state index in [4.69, 9.17) is 14.2 Å². The lowest BCUT2D eigenvalue weighted by molar-refractivity contribution is -0.116. The molecule has 0 unspecified atom stereocenters. The van der Waals surface area contributed by atoms with E-state index in [1.165, 1.54) is 33.1 Å². The van der Waals surface area contributed by atoms with Crippen molar-refractivity contribution >= 4 is 23.5 Å². The Bertz CT molecular complexity index is 993. The standard InChI is InChI=1S/C20H23N3O5S/c1-6-7-29-20-22-19(25)16-12(10-15(24)21-18(16)23(20)2)11-8-13(26-3)17(28-5)14(9-11)27-4/h6,8-9,12H,1,7,10H2,2-5H3,(H,21,24)/t12-/m0/s1. The number of fused-ring (bicyclic) bond motifs is 1. The third kappa shape index (κ3) is 3.82. The third-order valence-electron chi connectivity index (χ3n) is 4.72. The molecule has 29 heavy (non-hydrogen) atoms. The Balaban J connectivity index is 2.19. The Morgan fingerprint density at radius 1 is 1.24 bits per heavy atom. The summed E-state index contributed by atoms with van der Waals surface area (Å²) in [4.78, 5) is 29.6. The van der Waals surface area contributed by atoms with E-state index in [-0.39, 0.29) is 17.9 Å². The molecule has 0 saturated carbocycles. The van der Waals surface area contributed by atoms with Gasteiger partial charge < -0.3 is 24.1 Å². The lowest BCUT2D eigenvalue weighted by atomic mass is 9.86. The molecular weight excluding hydrogens is 394 g/mol. The largest absolute Gasteiger partial charge is 0.493 e. The maximum absolute atomic E-state index is 12.9. The van der Waals surface area contributed by atoms with E-state index in [1.54, 1.807) is 29.8 Å². The Hall–Kier alpha value is -2.94. The molecule has 0 saturated heterocycles. The number of hydrogen-bond donors (Lipinski definition) is 1. The molecule has 0 fully saturated rings. The highest BCUT2D eigenvalue weighted by atomic mass is 32.2. The van der Waals surface area contributed by atoms with Gasteiger partial charge >= 0.3 is 0 Å². The number of thioether (sulfide) groups is 1. The number of nitrogens with zero attached hydrogens (tertiary/aromatic N) is 2. The van der Waals surface area contributed by atoms with Crippen LogP contribution in [0.25, 0.3) is 0 Å². The quantitative estimate of drug-likeness (QED) is 0.420. The first kappa shape index (κ1) is 20.8. The summed E-state index contributed by atoms with van der Waals surface area (Å²) in [7, 11) is 6.33. The number of hydrogen-bond acceptors (Lipinski definition) is 7. The van der Waals surface area contributed by atoms with Gasteiger partial charge in [0.1, 0.15) is 5.82 Å². The van der Waals surface area contributed by atoms with Crippen LogP contribution in [0.15, 0.2) is 34.7 Å². The summed E-state index contributed by atoms with van der Waals surface area (Å²) in [6.07, 6.45) is 1.84. The van der Waals surface area contributed by atoms with Gasteiger partial charge in [-0.15, -0.1) is 6.58 Å². The molecule has 154 valence electrons. The fourth-order valence-electron chi connectivity index (χ4n) is 3.39. The molecule has 8 nitrogen and oxygen atoms in total. The summed E-state index contributed by atoms with van der Waals surface area (Å²) in [5.41, 5.74) is 0.772. The van der Waals surface area contributed by atoms with E-state index < -0.39 is 5.92 Å². The minimum atomic E-state index is -0.489. The first-order valence-corrected chi connectivity index (χ1v) is 9.88. The summed E-state index contributed by atoms with van der Waals surface area (Å²) >= 11 is 1.38. The second-order valence-corrected chi connectivity index (χ2v) is 7.37. The van der Waals surface area contributed by atoms with Gasteiger partial charge in [-0.05, 0) is 17.7 Å². The van der Waals surface area contributed by atoms with Gasteiger partial charge in [-0.1, -0.05) is 17.8 Å². The van der Waals surface area contributed by atoms with Crippen LogP contribution in [-0.2, 0) is 11.8 Å². The number of aromatic nitrogens is 2. The highest BCUT2D eigenvalue weighted by molar-refractivity contribution is 7.99. The van der Waals surface area contributed by atoms with Gasteiger partial charge in [0, 0.05) is 25.1 Å². The average Bonchev–Trinajstić information content (AvgIpc) is 2.73. The van der Waals surface area contributed by atoms with Crippen LogP contribution in [0.3, 0.4) is 0 Å². The smallest absolute Gasteiger partial charge is 0.279 e. The first-order valence-electron chi connectivity index (χ1n) is 8.89. The predicted octanol–water partition coefficient (Wildman–Crippen LogP) is 2.56. The maximum Gasteiger partial charge on any atom is 0.279 e. The molecule has 9 heteroatoms. The van der Waals surface area contributed by atoms with Crippen LogP contribution in [0.1, 0.15) is 23.5 Å². The van der Waals surface area contributed by atoms with Crippen molar-refractivity contribution in [3.63, 3.8) is 0 Å². The molecule has 1 amide bonds. The second-order valence-electron chi connectivity index (χ2n) is 6.38. The van der Waals surface area contributed by atoms with Gasteiger partial charge in [-0.2, -0.15) is 4.98 Å². The minimum Gasteiger partial charge on any atom is -0.493 e. The van der Waals surface area contributed by atoms with Gasteiger partial charge in [0.15, 0.2) is 16.7 Å². The van der Waals surface area contributed by atoms with Crippen molar-refractivity contribution in [1.29, 1.82) is 0 Å². The van der Waals surface area contributed by atoms with Crippen LogP contribution in [0.5, 0.6) is 17.2 Å². The molecule has 1 atom stereocenters. The monoisotopic (exact) mass is 417 g/mol. The molecule has 1 aromatic carbocycles. The van der Waals surface area contributed by atoms with E-state index >= 15 is 0 Å². The highest BCUT2D eigenvalue weighted by Crippen LogP contribution is 2.43. The van der Waals surface area contributed by atoms with Crippen LogP contribution in [0, 0.1) is 0 Å². The van der Waals surface area contributed by atoms with Gasteiger partial charge in [0.2, 0.25) is 11.7 Å². The topological polar surface area (TPSA) is 91.7 Å². The molecule has 3 rings (SSSR count). The summed E-state index contributed by atoms with van der Waals surface area (Å²) in [6.45, 7) is 3.69. The zero-order chi connectivity index (χ0) is 21.1. The van der Waals surface area contributed by atoms with Gasteiger partial charge in [0.25, 0.3) is 5.56 Å². The highest BCUT2D eigenvalue weighted by Gasteiger charge is 2.33. The molecule has 0 bridgehead atoms. The first-order chi connectivity index (χ1) is 13.9. The lowest BCUT2D eigenvalue weighted by Crippen LogP contribution is -2.33. The van der Waals surface area contributed by atoms with E-state index in [0.29, 0.717) is 45.1 Å². The van der Waals surface area contributed by atoms with Gasteiger partial charge in [-0.25, -0.2) is 0 Å². The van der Waals surface area contributed by atoms with Crippen molar-refractivity contribution in [2.45, 2.75) is 17.5 Å². The molecule has 0 aliphatic carbocycles. The van der Waals surface area contributed by atoms with E-state index in [9.17, 15) is 9.59 Å². The molecule has 1 aliphatic heterocycles. The molecule has 0 radical (unpaired) electrons. The Morgan fingerprint density at radius 3 is 2.45 bits per heavy atom. The molecule has 1 aromatic heterocycles. The van der Waals surface area contributed by atoms with Crippen LogP contribution in [-0.4, -0.2) is 42.5 Å². The van der Waals surface area contributed by atoms with Crippen molar-refractivity contribution < 1.29 is 19.0 Å². The van der Waals surface area contributed by atoms with Crippen LogP contribution in [0.2, 0.25) is 0 Å². The predicted molar refractivity (Wildman–Crippen MR) is 112 cm³/mol. The SMILES string of the molecule is C=CCSc1nc(=O)c2c(n1C)NC(=O)C[C@H]2c1cc(OC)c(OC)c(OC)c1. The van der Waals surface area contributed by atoms with Crippen molar-refractivity contribution in [2.24, 2.45) is 7.05 Å². The molecular formula is C20H23N3O5S. The second kappa shape index (κ2) is 8.60. The number of methoxy groups -OCH3 is 3. The van der Waals surface area contributed by atoms with Crippen molar-refractivity contribution in [3.05, 3.63) is 46.3 Å². The summed E-state index contributed by atoms with van der Waals surface area (Å²) in [5, 5.41) is 3.34. The van der Waals surface area contributed by atoms with Gasteiger partial charge in [0.05, 0.1) is 26.9 Å². The molecule has 1 aliphatic rings. The summed E-state index contributed by atoms with van der Waals surface area (Å²) in [6, 6.07) is 3.52. The Kier molecular flexibility index (Phi) is 6.17. The van der Waals surface area contributed by atoms with Crippen molar-refractivity contribution in [2.75, 3.05) is 32.4 Å². The summed E-state index contributed by atoms with van der Waals surface area (Å²) in [5.74, 6) is 1.74. The fraction of sp³-hybridized carbons (Fsp3) is 0.350. The third-order valence-corrected chi connectivity index (χ3v) is 5.75. The summed E-state index contributed by atoms with van der Waals surface area (Å²) < 4.78 is 17.9. The Labute approximate surface area is 172 Å². The normalized spacial score (nSPS) is 15.3. The van der Waals surface area contributed by atoms with Crippen molar-refractivity contribution in [1.82, 2.24) is 9.55 Å². The number of amides is 1.